The fourth-order valence-corrected chi connectivity index (χ4v) is 1.38. The van der Waals surface area contributed by atoms with Gasteiger partial charge in [0.15, 0.2) is 0 Å². The molecule has 2 heterocycles. The summed E-state index contributed by atoms with van der Waals surface area (Å²) in [5, 5.41) is 0. The van der Waals surface area contributed by atoms with Crippen LogP contribution in [0.3, 0.4) is 0 Å². The van der Waals surface area contributed by atoms with Gasteiger partial charge in [-0.3, -0.25) is 0 Å². The summed E-state index contributed by atoms with van der Waals surface area (Å²) in [6, 6.07) is 1.84. The van der Waals surface area contributed by atoms with Gasteiger partial charge in [0.05, 0.1) is 23.9 Å². The van der Waals surface area contributed by atoms with E-state index in [1.807, 2.05) is 16.8 Å². The summed E-state index contributed by atoms with van der Waals surface area (Å²) in [5.41, 5.74) is 7.25. The van der Waals surface area contributed by atoms with Gasteiger partial charge in [0, 0.05) is 12.4 Å². The Morgan fingerprint density at radius 2 is 2.31 bits per heavy atom. The molecule has 13 heavy (non-hydrogen) atoms. The molecule has 66 valence electrons. The topological polar surface area (TPSA) is 56.7 Å². The Labute approximate surface area is 83.6 Å². The van der Waals surface area contributed by atoms with Crippen LogP contribution in [0.15, 0.2) is 35.6 Å². The van der Waals surface area contributed by atoms with Crippen molar-refractivity contribution in [2.24, 2.45) is 0 Å². The number of aromatic nitrogens is 3. The summed E-state index contributed by atoms with van der Waals surface area (Å²) in [7, 11) is 0. The van der Waals surface area contributed by atoms with Crippen molar-refractivity contribution in [2.75, 3.05) is 5.73 Å². The smallest absolute Gasteiger partial charge is 0.108 e. The number of halogens is 1. The molecule has 0 aliphatic rings. The van der Waals surface area contributed by atoms with Gasteiger partial charge in [-0.05, 0) is 22.0 Å². The van der Waals surface area contributed by atoms with E-state index in [0.29, 0.717) is 5.69 Å². The molecule has 4 nitrogen and oxygen atoms in total. The average Bonchev–Trinajstić information content (AvgIpc) is 2.61. The highest BCUT2D eigenvalue weighted by Crippen LogP contribution is 2.19. The highest BCUT2D eigenvalue weighted by Gasteiger charge is 2.01. The van der Waals surface area contributed by atoms with Gasteiger partial charge in [-0.1, -0.05) is 0 Å². The molecule has 0 amide bonds. The summed E-state index contributed by atoms with van der Waals surface area (Å²) in [6.45, 7) is 0. The summed E-state index contributed by atoms with van der Waals surface area (Å²) < 4.78 is 2.59. The van der Waals surface area contributed by atoms with Gasteiger partial charge < -0.3 is 10.3 Å². The number of rotatable bonds is 1. The second-order valence-electron chi connectivity index (χ2n) is 2.54. The Bertz CT molecular complexity index is 410. The SMILES string of the molecule is Nc1cnc(Br)cc1-n1ccnc1. The van der Waals surface area contributed by atoms with Gasteiger partial charge in [0.2, 0.25) is 0 Å². The zero-order valence-corrected chi connectivity index (χ0v) is 8.27. The molecule has 0 fully saturated rings. The Morgan fingerprint density at radius 3 is 3.00 bits per heavy atom. The lowest BCUT2D eigenvalue weighted by Gasteiger charge is -2.05. The Hall–Kier alpha value is -1.36. The molecule has 0 aliphatic carbocycles. The van der Waals surface area contributed by atoms with E-state index in [-0.39, 0.29) is 0 Å². The first-order chi connectivity index (χ1) is 6.27. The number of imidazole rings is 1. The molecule has 0 atom stereocenters. The van der Waals surface area contributed by atoms with E-state index in [2.05, 4.69) is 25.9 Å². The second-order valence-corrected chi connectivity index (χ2v) is 3.35. The van der Waals surface area contributed by atoms with Crippen LogP contribution in [0.2, 0.25) is 0 Å². The number of pyridine rings is 1. The summed E-state index contributed by atoms with van der Waals surface area (Å²) in [4.78, 5) is 7.95. The number of hydrogen-bond acceptors (Lipinski definition) is 3. The van der Waals surface area contributed by atoms with Crippen molar-refractivity contribution < 1.29 is 0 Å². The van der Waals surface area contributed by atoms with Crippen molar-refractivity contribution in [2.45, 2.75) is 0 Å². The van der Waals surface area contributed by atoms with Gasteiger partial charge in [-0.25, -0.2) is 9.97 Å². The predicted molar refractivity (Wildman–Crippen MR) is 53.5 cm³/mol. The molecule has 2 N–H and O–H groups in total. The van der Waals surface area contributed by atoms with E-state index >= 15 is 0 Å². The van der Waals surface area contributed by atoms with Crippen LogP contribution < -0.4 is 5.73 Å². The summed E-state index contributed by atoms with van der Waals surface area (Å²) in [5.74, 6) is 0. The van der Waals surface area contributed by atoms with E-state index in [4.69, 9.17) is 5.73 Å². The maximum Gasteiger partial charge on any atom is 0.108 e. The number of nitrogens with zero attached hydrogens (tertiary/aromatic N) is 3. The van der Waals surface area contributed by atoms with E-state index in [9.17, 15) is 0 Å². The Morgan fingerprint density at radius 1 is 1.46 bits per heavy atom. The van der Waals surface area contributed by atoms with Crippen molar-refractivity contribution in [3.8, 4) is 5.69 Å². The zero-order chi connectivity index (χ0) is 9.26. The third kappa shape index (κ3) is 1.55. The Balaban J connectivity index is 2.57. The molecule has 0 saturated carbocycles. The van der Waals surface area contributed by atoms with E-state index in [0.717, 1.165) is 10.3 Å². The number of nitrogens with two attached hydrogens (primary N) is 1. The van der Waals surface area contributed by atoms with E-state index in [1.54, 1.807) is 18.7 Å². The molecule has 2 aromatic rings. The minimum Gasteiger partial charge on any atom is -0.396 e. The molecule has 0 aliphatic heterocycles. The monoisotopic (exact) mass is 238 g/mol. The van der Waals surface area contributed by atoms with Crippen molar-refractivity contribution in [1.82, 2.24) is 14.5 Å². The second kappa shape index (κ2) is 3.18. The third-order valence-electron chi connectivity index (χ3n) is 1.66. The standard InChI is InChI=1S/C8H7BrN4/c9-8-3-7(6(10)4-12-8)13-2-1-11-5-13/h1-5H,10H2. The van der Waals surface area contributed by atoms with Crippen molar-refractivity contribution in [3.63, 3.8) is 0 Å². The molecular formula is C8H7BrN4. The highest BCUT2D eigenvalue weighted by atomic mass is 79.9. The lowest BCUT2D eigenvalue weighted by molar-refractivity contribution is 1.05. The van der Waals surface area contributed by atoms with Gasteiger partial charge in [0.1, 0.15) is 4.60 Å². The normalized spacial score (nSPS) is 10.2. The molecule has 0 bridgehead atoms. The van der Waals surface area contributed by atoms with Crippen LogP contribution in [0, 0.1) is 0 Å². The number of anilines is 1. The molecule has 0 spiro atoms. The molecule has 2 aromatic heterocycles. The Kier molecular flexibility index (Phi) is 2.02. The molecule has 0 aromatic carbocycles. The van der Waals surface area contributed by atoms with Crippen molar-refractivity contribution in [3.05, 3.63) is 35.6 Å². The van der Waals surface area contributed by atoms with Gasteiger partial charge in [-0.15, -0.1) is 0 Å². The molecule has 0 unspecified atom stereocenters. The van der Waals surface area contributed by atoms with Gasteiger partial charge in [0.25, 0.3) is 0 Å². The first-order valence-electron chi connectivity index (χ1n) is 3.67. The maximum atomic E-state index is 5.75. The maximum absolute atomic E-state index is 5.75. The third-order valence-corrected chi connectivity index (χ3v) is 2.09. The average molecular weight is 239 g/mol. The van der Waals surface area contributed by atoms with Crippen LogP contribution in [0.4, 0.5) is 5.69 Å². The molecule has 5 heteroatoms. The van der Waals surface area contributed by atoms with E-state index < -0.39 is 0 Å². The first kappa shape index (κ1) is 8.25. The van der Waals surface area contributed by atoms with Gasteiger partial charge in [-0.2, -0.15) is 0 Å². The minimum atomic E-state index is 0.626. The molecular weight excluding hydrogens is 232 g/mol. The summed E-state index contributed by atoms with van der Waals surface area (Å²) >= 11 is 3.28. The molecule has 2 rings (SSSR count). The lowest BCUT2D eigenvalue weighted by atomic mass is 10.3. The van der Waals surface area contributed by atoms with Gasteiger partial charge >= 0.3 is 0 Å². The lowest BCUT2D eigenvalue weighted by Crippen LogP contribution is -1.98. The van der Waals surface area contributed by atoms with Crippen molar-refractivity contribution >= 4 is 21.6 Å². The van der Waals surface area contributed by atoms with Crippen LogP contribution in [0.25, 0.3) is 5.69 Å². The molecule has 0 radical (unpaired) electrons. The number of nitrogen functional groups attached to an aromatic ring is 1. The van der Waals surface area contributed by atoms with Crippen LogP contribution >= 0.6 is 15.9 Å². The van der Waals surface area contributed by atoms with Crippen molar-refractivity contribution in [1.29, 1.82) is 0 Å². The number of hydrogen-bond donors (Lipinski definition) is 1. The highest BCUT2D eigenvalue weighted by molar-refractivity contribution is 9.10. The fourth-order valence-electron chi connectivity index (χ4n) is 1.06. The quantitative estimate of drug-likeness (QED) is 0.769. The largest absolute Gasteiger partial charge is 0.396 e. The fraction of sp³-hybridized carbons (Fsp3) is 0. The first-order valence-corrected chi connectivity index (χ1v) is 4.46. The minimum absolute atomic E-state index is 0.626. The van der Waals surface area contributed by atoms with Crippen LogP contribution in [0.1, 0.15) is 0 Å². The van der Waals surface area contributed by atoms with Crippen LogP contribution in [-0.2, 0) is 0 Å². The molecule has 0 saturated heterocycles. The zero-order valence-electron chi connectivity index (χ0n) is 6.68. The van der Waals surface area contributed by atoms with Crippen LogP contribution in [-0.4, -0.2) is 14.5 Å². The van der Waals surface area contributed by atoms with Crippen LogP contribution in [0.5, 0.6) is 0 Å². The van der Waals surface area contributed by atoms with E-state index in [1.165, 1.54) is 0 Å². The predicted octanol–water partition coefficient (Wildman–Crippen LogP) is 1.61. The summed E-state index contributed by atoms with van der Waals surface area (Å²) in [6.07, 6.45) is 6.84.